The van der Waals surface area contributed by atoms with Gasteiger partial charge >= 0.3 is 5.97 Å². The van der Waals surface area contributed by atoms with Gasteiger partial charge in [-0.3, -0.25) is 0 Å². The highest BCUT2D eigenvalue weighted by molar-refractivity contribution is 6.00. The molecular weight excluding hydrogens is 344 g/mol. The number of carboxylic acid groups (broad SMARTS) is 1. The van der Waals surface area contributed by atoms with Crippen molar-refractivity contribution in [1.82, 2.24) is 0 Å². The number of ether oxygens (including phenoxy) is 3. The Morgan fingerprint density at radius 3 is 2.07 bits per heavy atom. The fraction of sp³-hybridized carbons (Fsp3) is 0.409. The first-order chi connectivity index (χ1) is 13.0. The van der Waals surface area contributed by atoms with E-state index in [4.69, 9.17) is 14.2 Å². The van der Waals surface area contributed by atoms with Gasteiger partial charge in [-0.1, -0.05) is 25.8 Å². The number of carboxylic acids is 1. The lowest BCUT2D eigenvalue weighted by atomic mass is 9.92. The van der Waals surface area contributed by atoms with Crippen molar-refractivity contribution in [3.63, 3.8) is 0 Å². The summed E-state index contributed by atoms with van der Waals surface area (Å²) >= 11 is 0. The Morgan fingerprint density at radius 2 is 1.59 bits per heavy atom. The van der Waals surface area contributed by atoms with Crippen LogP contribution in [0.5, 0.6) is 17.2 Å². The molecule has 0 bridgehead atoms. The maximum absolute atomic E-state index is 11.9. The van der Waals surface area contributed by atoms with E-state index in [0.29, 0.717) is 28.4 Å². The maximum atomic E-state index is 11.9. The number of hydrogen-bond donors (Lipinski definition) is 1. The molecular formula is C22H28O5. The highest BCUT2D eigenvalue weighted by Crippen LogP contribution is 2.46. The Labute approximate surface area is 160 Å². The Balaban J connectivity index is 2.74. The number of unbranched alkanes of at least 4 members (excludes halogenated alkanes) is 2. The molecule has 1 N–H and O–H groups in total. The highest BCUT2D eigenvalue weighted by Gasteiger charge is 2.25. The minimum Gasteiger partial charge on any atom is -0.496 e. The van der Waals surface area contributed by atoms with Gasteiger partial charge in [0.2, 0.25) is 0 Å². The van der Waals surface area contributed by atoms with Crippen LogP contribution in [-0.4, -0.2) is 32.4 Å². The molecule has 5 heteroatoms. The van der Waals surface area contributed by atoms with Crippen molar-refractivity contribution in [3.8, 4) is 28.4 Å². The van der Waals surface area contributed by atoms with E-state index in [-0.39, 0.29) is 5.56 Å². The van der Waals surface area contributed by atoms with Gasteiger partial charge in [0.1, 0.15) is 17.2 Å². The summed E-state index contributed by atoms with van der Waals surface area (Å²) < 4.78 is 16.8. The van der Waals surface area contributed by atoms with Gasteiger partial charge < -0.3 is 19.3 Å². The standard InChI is InChI=1S/C22H28O5/c1-6-7-8-9-15-12-17(25-3)20(18(13-15)26-4)19-16(22(23)24)11-10-14(2)21(19)27-5/h10-13H,6-9H2,1-5H3,(H,23,24). The molecule has 0 fully saturated rings. The summed E-state index contributed by atoms with van der Waals surface area (Å²) in [7, 11) is 4.70. The van der Waals surface area contributed by atoms with Gasteiger partial charge in [-0.15, -0.1) is 0 Å². The number of benzene rings is 2. The van der Waals surface area contributed by atoms with Crippen LogP contribution >= 0.6 is 0 Å². The van der Waals surface area contributed by atoms with Crippen LogP contribution in [-0.2, 0) is 6.42 Å². The molecule has 0 atom stereocenters. The van der Waals surface area contributed by atoms with Crippen LogP contribution in [0.3, 0.4) is 0 Å². The fourth-order valence-electron chi connectivity index (χ4n) is 3.31. The smallest absolute Gasteiger partial charge is 0.336 e. The van der Waals surface area contributed by atoms with E-state index < -0.39 is 5.97 Å². The summed E-state index contributed by atoms with van der Waals surface area (Å²) in [6.45, 7) is 4.05. The third kappa shape index (κ3) is 4.35. The van der Waals surface area contributed by atoms with Crippen LogP contribution in [0.15, 0.2) is 24.3 Å². The molecule has 0 amide bonds. The van der Waals surface area contributed by atoms with E-state index in [0.717, 1.165) is 36.8 Å². The van der Waals surface area contributed by atoms with E-state index in [2.05, 4.69) is 6.92 Å². The van der Waals surface area contributed by atoms with Crippen molar-refractivity contribution in [2.75, 3.05) is 21.3 Å². The van der Waals surface area contributed by atoms with Gasteiger partial charge in [0.05, 0.1) is 32.5 Å². The average Bonchev–Trinajstić information content (AvgIpc) is 2.66. The Bertz CT molecular complexity index is 786. The van der Waals surface area contributed by atoms with Crippen LogP contribution in [0, 0.1) is 6.92 Å². The van der Waals surface area contributed by atoms with Crippen LogP contribution < -0.4 is 14.2 Å². The quantitative estimate of drug-likeness (QED) is 0.619. The molecule has 5 nitrogen and oxygen atoms in total. The lowest BCUT2D eigenvalue weighted by molar-refractivity contribution is 0.0697. The molecule has 0 aliphatic carbocycles. The molecule has 0 aliphatic rings. The third-order valence-electron chi connectivity index (χ3n) is 4.67. The molecule has 0 saturated carbocycles. The van der Waals surface area contributed by atoms with E-state index in [9.17, 15) is 9.90 Å². The number of rotatable bonds is 9. The average molecular weight is 372 g/mol. The van der Waals surface area contributed by atoms with Gasteiger partial charge in [-0.2, -0.15) is 0 Å². The van der Waals surface area contributed by atoms with Gasteiger partial charge in [0.25, 0.3) is 0 Å². The number of aryl methyl sites for hydroxylation is 2. The third-order valence-corrected chi connectivity index (χ3v) is 4.67. The van der Waals surface area contributed by atoms with Crippen molar-refractivity contribution < 1.29 is 24.1 Å². The molecule has 0 spiro atoms. The second kappa shape index (κ2) is 9.31. The Kier molecular flexibility index (Phi) is 7.11. The lowest BCUT2D eigenvalue weighted by Gasteiger charge is -2.20. The highest BCUT2D eigenvalue weighted by atomic mass is 16.5. The largest absolute Gasteiger partial charge is 0.496 e. The summed E-state index contributed by atoms with van der Waals surface area (Å²) in [6.07, 6.45) is 4.30. The molecule has 146 valence electrons. The SMILES string of the molecule is CCCCCc1cc(OC)c(-c2c(C(=O)O)ccc(C)c2OC)c(OC)c1. The zero-order valence-corrected chi connectivity index (χ0v) is 16.7. The first-order valence-corrected chi connectivity index (χ1v) is 9.14. The molecule has 0 saturated heterocycles. The molecule has 0 aromatic heterocycles. The predicted octanol–water partition coefficient (Wildman–Crippen LogP) is 5.12. The summed E-state index contributed by atoms with van der Waals surface area (Å²) in [6, 6.07) is 7.25. The molecule has 0 heterocycles. The van der Waals surface area contributed by atoms with Crippen LogP contribution in [0.2, 0.25) is 0 Å². The van der Waals surface area contributed by atoms with Gasteiger partial charge in [0, 0.05) is 5.56 Å². The Hall–Kier alpha value is -2.69. The minimum absolute atomic E-state index is 0.146. The predicted molar refractivity (Wildman–Crippen MR) is 106 cm³/mol. The van der Waals surface area contributed by atoms with Crippen LogP contribution in [0.1, 0.15) is 47.7 Å². The van der Waals surface area contributed by atoms with Crippen molar-refractivity contribution in [2.45, 2.75) is 39.5 Å². The monoisotopic (exact) mass is 372 g/mol. The maximum Gasteiger partial charge on any atom is 0.336 e. The van der Waals surface area contributed by atoms with Crippen molar-refractivity contribution in [2.24, 2.45) is 0 Å². The molecule has 2 rings (SSSR count). The lowest BCUT2D eigenvalue weighted by Crippen LogP contribution is -2.05. The Morgan fingerprint density at radius 1 is 0.963 bits per heavy atom. The number of aromatic carboxylic acids is 1. The zero-order chi connectivity index (χ0) is 20.0. The van der Waals surface area contributed by atoms with E-state index >= 15 is 0 Å². The zero-order valence-electron chi connectivity index (χ0n) is 16.7. The molecule has 0 unspecified atom stereocenters. The van der Waals surface area contributed by atoms with E-state index in [1.54, 1.807) is 26.4 Å². The number of carbonyl (C=O) groups is 1. The van der Waals surface area contributed by atoms with Crippen molar-refractivity contribution >= 4 is 5.97 Å². The minimum atomic E-state index is -1.03. The van der Waals surface area contributed by atoms with Crippen LogP contribution in [0.25, 0.3) is 11.1 Å². The summed E-state index contributed by atoms with van der Waals surface area (Å²) in [5, 5.41) is 9.73. The van der Waals surface area contributed by atoms with Gasteiger partial charge in [-0.25, -0.2) is 4.79 Å². The molecule has 27 heavy (non-hydrogen) atoms. The molecule has 0 radical (unpaired) electrons. The topological polar surface area (TPSA) is 65.0 Å². The van der Waals surface area contributed by atoms with Gasteiger partial charge in [-0.05, 0) is 49.1 Å². The summed E-state index contributed by atoms with van der Waals surface area (Å²) in [4.78, 5) is 11.9. The first-order valence-electron chi connectivity index (χ1n) is 9.14. The second-order valence-corrected chi connectivity index (χ2v) is 6.48. The molecule has 2 aromatic rings. The van der Waals surface area contributed by atoms with Crippen molar-refractivity contribution in [3.05, 3.63) is 41.0 Å². The fourth-order valence-corrected chi connectivity index (χ4v) is 3.31. The number of methoxy groups -OCH3 is 3. The van der Waals surface area contributed by atoms with Crippen molar-refractivity contribution in [1.29, 1.82) is 0 Å². The second-order valence-electron chi connectivity index (χ2n) is 6.48. The van der Waals surface area contributed by atoms with E-state index in [1.165, 1.54) is 7.11 Å². The van der Waals surface area contributed by atoms with Gasteiger partial charge in [0.15, 0.2) is 0 Å². The van der Waals surface area contributed by atoms with Crippen LogP contribution in [0.4, 0.5) is 0 Å². The molecule has 2 aromatic carbocycles. The first kappa shape index (κ1) is 20.6. The van der Waals surface area contributed by atoms with E-state index in [1.807, 2.05) is 19.1 Å². The molecule has 0 aliphatic heterocycles. The summed E-state index contributed by atoms with van der Waals surface area (Å²) in [5.41, 5.74) is 3.15. The normalized spacial score (nSPS) is 10.6. The number of hydrogen-bond acceptors (Lipinski definition) is 4. The summed E-state index contributed by atoms with van der Waals surface area (Å²) in [5.74, 6) is 0.629.